The molecular weight excluding hydrogens is 472 g/mol. The van der Waals surface area contributed by atoms with Crippen LogP contribution in [-0.2, 0) is 16.1 Å². The smallest absolute Gasteiger partial charge is 0.187 e. The Bertz CT molecular complexity index is 1560. The van der Waals surface area contributed by atoms with Crippen LogP contribution >= 0.6 is 11.3 Å². The average molecular weight is 491 g/mol. The van der Waals surface area contributed by atoms with E-state index in [1.54, 1.807) is 47.1 Å². The lowest BCUT2D eigenvalue weighted by molar-refractivity contribution is 0.340. The number of thiazole rings is 1. The number of nitrogens with one attached hydrogen (secondary N) is 1. The summed E-state index contributed by atoms with van der Waals surface area (Å²) < 4.78 is 0. The fraction of sp³-hybridized carbons (Fsp3) is 0.0741. The minimum Gasteiger partial charge on any atom is -0.384 e. The van der Waals surface area contributed by atoms with Crippen molar-refractivity contribution in [3.63, 3.8) is 0 Å². The van der Waals surface area contributed by atoms with Crippen LogP contribution in [0.15, 0.2) is 78.2 Å². The quantitative estimate of drug-likeness (QED) is 0.323. The normalized spacial score (nSPS) is 12.6. The lowest BCUT2D eigenvalue weighted by Crippen LogP contribution is -2.28. The van der Waals surface area contributed by atoms with Crippen LogP contribution < -0.4 is 11.1 Å². The predicted molar refractivity (Wildman–Crippen MR) is 138 cm³/mol. The van der Waals surface area contributed by atoms with Crippen LogP contribution in [0.4, 0.5) is 10.9 Å². The molecule has 1 atom stereocenters. The summed E-state index contributed by atoms with van der Waals surface area (Å²) in [6.07, 6.45) is 4.89. The van der Waals surface area contributed by atoms with Crippen molar-refractivity contribution in [2.75, 3.05) is 11.1 Å². The third-order valence-electron chi connectivity index (χ3n) is 5.55. The molecule has 0 bridgehead atoms. The summed E-state index contributed by atoms with van der Waals surface area (Å²) in [5.41, 5.74) is 9.59. The molecule has 36 heavy (non-hydrogen) atoms. The third-order valence-corrected chi connectivity index (χ3v) is 6.24. The second-order valence-corrected chi connectivity index (χ2v) is 8.70. The number of nitrogens with zero attached hydrogens (tertiary/aromatic N) is 4. The Morgan fingerprint density at radius 3 is 2.53 bits per heavy atom. The molecule has 0 aliphatic carbocycles. The van der Waals surface area contributed by atoms with Crippen LogP contribution in [0.2, 0.25) is 0 Å². The van der Waals surface area contributed by atoms with E-state index in [1.165, 1.54) is 11.3 Å². The molecule has 174 valence electrons. The van der Waals surface area contributed by atoms with Gasteiger partial charge in [-0.25, -0.2) is 19.6 Å². The van der Waals surface area contributed by atoms with Gasteiger partial charge in [0, 0.05) is 40.7 Å². The number of hydrogen-bond donors (Lipinski definition) is 2. The van der Waals surface area contributed by atoms with Gasteiger partial charge in [0.05, 0.1) is 12.2 Å². The van der Waals surface area contributed by atoms with Crippen molar-refractivity contribution in [2.24, 2.45) is 0 Å². The zero-order valence-electron chi connectivity index (χ0n) is 18.8. The van der Waals surface area contributed by atoms with Crippen molar-refractivity contribution in [2.45, 2.75) is 12.6 Å². The Hall–Kier alpha value is -4.99. The summed E-state index contributed by atoms with van der Waals surface area (Å²) >= 11 is 1.36. The average Bonchev–Trinajstić information content (AvgIpc) is 3.56. The van der Waals surface area contributed by atoms with Gasteiger partial charge < -0.3 is 16.0 Å². The summed E-state index contributed by atoms with van der Waals surface area (Å²) in [7, 11) is 0. The van der Waals surface area contributed by atoms with Crippen molar-refractivity contribution in [1.29, 1.82) is 0 Å². The summed E-state index contributed by atoms with van der Waals surface area (Å²) in [4.78, 5) is 39.0. The molecule has 8 nitrogen and oxygen atoms in total. The predicted octanol–water partition coefficient (Wildman–Crippen LogP) is 3.47. The van der Waals surface area contributed by atoms with Gasteiger partial charge in [0.25, 0.3) is 0 Å². The molecule has 3 aromatic heterocycles. The topological polar surface area (TPSA) is 114 Å². The molecule has 1 aromatic carbocycles. The van der Waals surface area contributed by atoms with Crippen LogP contribution in [0.1, 0.15) is 34.0 Å². The fourth-order valence-electron chi connectivity index (χ4n) is 3.93. The first kappa shape index (κ1) is 22.8. The maximum atomic E-state index is 12.2. The summed E-state index contributed by atoms with van der Waals surface area (Å²) in [5.74, 6) is 10.6. The second kappa shape index (κ2) is 10.1. The largest absolute Gasteiger partial charge is 0.384 e. The van der Waals surface area contributed by atoms with Crippen molar-refractivity contribution in [3.8, 4) is 11.8 Å². The first-order valence-corrected chi connectivity index (χ1v) is 11.8. The van der Waals surface area contributed by atoms with E-state index in [-0.39, 0.29) is 11.4 Å². The molecule has 4 aromatic rings. The standard InChI is InChI=1S/C27H18N6O2S/c28-25-9-8-18(13-31-25)6-7-19-12-21-22(30-14-19)15-33(24(21)17-35)26(20-4-2-1-3-5-20)23(16-34)32-27-29-10-11-36-27/h1-5,8-14,26H,15H2,(H2,28,31)(H,29,32). The molecule has 0 saturated carbocycles. The van der Waals surface area contributed by atoms with Crippen LogP contribution in [0.5, 0.6) is 0 Å². The number of rotatable bonds is 5. The highest BCUT2D eigenvalue weighted by atomic mass is 32.1. The van der Waals surface area contributed by atoms with E-state index in [4.69, 9.17) is 5.73 Å². The number of carbonyl (C=O) groups excluding carboxylic acids is 2. The van der Waals surface area contributed by atoms with Gasteiger partial charge in [-0.2, -0.15) is 0 Å². The molecule has 0 saturated heterocycles. The summed E-state index contributed by atoms with van der Waals surface area (Å²) in [6.45, 7) is 0.305. The van der Waals surface area contributed by atoms with Crippen molar-refractivity contribution < 1.29 is 9.59 Å². The number of hydrogen-bond acceptors (Lipinski definition) is 9. The zero-order chi connectivity index (χ0) is 24.9. The number of benzene rings is 1. The van der Waals surface area contributed by atoms with Crippen LogP contribution in [0, 0.1) is 11.8 Å². The number of nitrogens with two attached hydrogens (primary N) is 1. The maximum Gasteiger partial charge on any atom is 0.187 e. The summed E-state index contributed by atoms with van der Waals surface area (Å²) in [5, 5.41) is 5.42. The molecule has 4 heterocycles. The van der Waals surface area contributed by atoms with Gasteiger partial charge in [0.2, 0.25) is 0 Å². The highest BCUT2D eigenvalue weighted by Gasteiger charge is 2.35. The third kappa shape index (κ3) is 4.64. The molecule has 0 spiro atoms. The first-order valence-electron chi connectivity index (χ1n) is 10.9. The van der Waals surface area contributed by atoms with E-state index in [0.29, 0.717) is 39.9 Å². The van der Waals surface area contributed by atoms with Crippen LogP contribution in [-0.4, -0.2) is 31.7 Å². The zero-order valence-corrected chi connectivity index (χ0v) is 19.6. The minimum absolute atomic E-state index is 0.229. The van der Waals surface area contributed by atoms with E-state index in [9.17, 15) is 9.59 Å². The van der Waals surface area contributed by atoms with Crippen molar-refractivity contribution >= 4 is 39.9 Å². The monoisotopic (exact) mass is 490 g/mol. The molecule has 1 aliphatic heterocycles. The number of fused-ring (bicyclic) bond motifs is 1. The molecule has 9 heteroatoms. The van der Waals surface area contributed by atoms with Gasteiger partial charge in [-0.15, -0.1) is 11.3 Å². The van der Waals surface area contributed by atoms with Crippen molar-refractivity contribution in [1.82, 2.24) is 19.9 Å². The number of aromatic nitrogens is 3. The molecule has 0 radical (unpaired) electrons. The Morgan fingerprint density at radius 2 is 1.83 bits per heavy atom. The molecular formula is C27H18N6O2S. The molecule has 1 unspecified atom stereocenters. The van der Waals surface area contributed by atoms with Gasteiger partial charge >= 0.3 is 0 Å². The number of nitrogen functional groups attached to an aromatic ring is 1. The van der Waals surface area contributed by atoms with Crippen LogP contribution in [0.3, 0.4) is 0 Å². The van der Waals surface area contributed by atoms with E-state index in [1.807, 2.05) is 36.3 Å². The number of anilines is 2. The lowest BCUT2D eigenvalue weighted by atomic mass is 10.0. The Balaban J connectivity index is 1.51. The Morgan fingerprint density at radius 1 is 1.03 bits per heavy atom. The SMILES string of the molecule is Nc1ccc(C#Cc2cnc3c(c2)C(=C=O)N(C(C(=C=O)Nc2nccs2)c2ccccc2)C3)cn1. The van der Waals surface area contributed by atoms with Crippen LogP contribution in [0.25, 0.3) is 5.70 Å². The Kier molecular flexibility index (Phi) is 6.39. The highest BCUT2D eigenvalue weighted by Crippen LogP contribution is 2.40. The van der Waals surface area contributed by atoms with Gasteiger partial charge in [0.1, 0.15) is 29.2 Å². The van der Waals surface area contributed by atoms with Gasteiger partial charge in [0.15, 0.2) is 11.1 Å². The van der Waals surface area contributed by atoms with E-state index >= 15 is 0 Å². The molecule has 3 N–H and O–H groups in total. The maximum absolute atomic E-state index is 12.2. The number of pyridine rings is 2. The minimum atomic E-state index is -0.631. The van der Waals surface area contributed by atoms with Gasteiger partial charge in [-0.1, -0.05) is 42.2 Å². The first-order chi connectivity index (χ1) is 17.7. The molecule has 0 amide bonds. The van der Waals surface area contributed by atoms with Gasteiger partial charge in [-0.3, -0.25) is 4.98 Å². The second-order valence-electron chi connectivity index (χ2n) is 7.81. The van der Waals surface area contributed by atoms with E-state index in [0.717, 1.165) is 5.56 Å². The van der Waals surface area contributed by atoms with E-state index in [2.05, 4.69) is 38.1 Å². The Labute approximate surface area is 210 Å². The molecule has 0 fully saturated rings. The van der Waals surface area contributed by atoms with Gasteiger partial charge in [-0.05, 0) is 23.8 Å². The van der Waals surface area contributed by atoms with E-state index < -0.39 is 6.04 Å². The lowest BCUT2D eigenvalue weighted by Gasteiger charge is -2.30. The molecule has 5 rings (SSSR count). The molecule has 1 aliphatic rings. The highest BCUT2D eigenvalue weighted by molar-refractivity contribution is 7.13. The summed E-state index contributed by atoms with van der Waals surface area (Å²) in [6, 6.07) is 14.1. The fourth-order valence-corrected chi connectivity index (χ4v) is 4.47. The van der Waals surface area contributed by atoms with Crippen molar-refractivity contribution in [3.05, 3.63) is 106 Å².